The highest BCUT2D eigenvalue weighted by atomic mass is 16.5. The maximum absolute atomic E-state index is 11.6. The minimum atomic E-state index is -0.179. The Hall–Kier alpha value is -0.610. The molecular weight excluding hydrogens is 204 g/mol. The first-order chi connectivity index (χ1) is 7.52. The van der Waals surface area contributed by atoms with Gasteiger partial charge in [-0.3, -0.25) is 4.79 Å². The molecule has 0 aliphatic heterocycles. The van der Waals surface area contributed by atoms with E-state index < -0.39 is 0 Å². The lowest BCUT2D eigenvalue weighted by molar-refractivity contribution is -0.143. The second-order valence-electron chi connectivity index (χ2n) is 5.13. The molecule has 1 saturated carbocycles. The summed E-state index contributed by atoms with van der Waals surface area (Å²) in [6.07, 6.45) is 2.36. The van der Waals surface area contributed by atoms with Crippen molar-refractivity contribution in [1.82, 2.24) is 10.2 Å². The number of carbonyl (C=O) groups excluding carboxylic acids is 1. The number of nitrogens with one attached hydrogen (secondary N) is 1. The first-order valence-electron chi connectivity index (χ1n) is 6.05. The molecule has 0 amide bonds. The third kappa shape index (κ3) is 4.94. The molecule has 0 radical (unpaired) electrons. The zero-order valence-corrected chi connectivity index (χ0v) is 10.8. The Morgan fingerprint density at radius 2 is 2.06 bits per heavy atom. The number of methoxy groups -OCH3 is 1. The van der Waals surface area contributed by atoms with Crippen LogP contribution in [-0.4, -0.2) is 50.2 Å². The molecule has 1 unspecified atom stereocenters. The molecule has 1 fully saturated rings. The Balaban J connectivity index is 2.38. The molecule has 1 aliphatic rings. The van der Waals surface area contributed by atoms with Crippen molar-refractivity contribution in [3.63, 3.8) is 0 Å². The second kappa shape index (κ2) is 6.21. The summed E-state index contributed by atoms with van der Waals surface area (Å²) in [6, 6.07) is 0.345. The summed E-state index contributed by atoms with van der Waals surface area (Å²) in [6.45, 7) is 6.08. The van der Waals surface area contributed by atoms with Gasteiger partial charge in [-0.05, 0) is 25.8 Å². The largest absolute Gasteiger partial charge is 0.468 e. The van der Waals surface area contributed by atoms with Crippen molar-refractivity contribution < 1.29 is 9.53 Å². The molecule has 4 nitrogen and oxygen atoms in total. The van der Waals surface area contributed by atoms with Crippen molar-refractivity contribution in [2.24, 2.45) is 5.92 Å². The second-order valence-corrected chi connectivity index (χ2v) is 5.13. The molecule has 0 aromatic rings. The normalized spacial score (nSPS) is 17.9. The van der Waals surface area contributed by atoms with E-state index in [4.69, 9.17) is 4.74 Å². The summed E-state index contributed by atoms with van der Waals surface area (Å²) in [5, 5.41) is 3.33. The van der Waals surface area contributed by atoms with Gasteiger partial charge in [-0.2, -0.15) is 0 Å². The highest BCUT2D eigenvalue weighted by Gasteiger charge is 2.29. The SMILES string of the molecule is COC(=O)C(CN(C)CC(C)C)NC1CC1. The van der Waals surface area contributed by atoms with Crippen molar-refractivity contribution in [3.05, 3.63) is 0 Å². The van der Waals surface area contributed by atoms with Gasteiger partial charge in [-0.1, -0.05) is 13.8 Å². The van der Waals surface area contributed by atoms with Crippen molar-refractivity contribution in [3.8, 4) is 0 Å². The molecule has 0 heterocycles. The van der Waals surface area contributed by atoms with E-state index in [1.54, 1.807) is 0 Å². The number of nitrogens with zero attached hydrogens (tertiary/aromatic N) is 1. The molecule has 0 aromatic heterocycles. The molecule has 0 bridgehead atoms. The molecule has 1 atom stereocenters. The van der Waals surface area contributed by atoms with Gasteiger partial charge in [0.25, 0.3) is 0 Å². The molecular formula is C12H24N2O2. The van der Waals surface area contributed by atoms with Crippen LogP contribution in [0.4, 0.5) is 0 Å². The number of carbonyl (C=O) groups is 1. The first-order valence-corrected chi connectivity index (χ1v) is 6.05. The monoisotopic (exact) mass is 228 g/mol. The summed E-state index contributed by atoms with van der Waals surface area (Å²) in [7, 11) is 3.50. The predicted molar refractivity (Wildman–Crippen MR) is 64.3 cm³/mol. The van der Waals surface area contributed by atoms with E-state index in [2.05, 4.69) is 24.1 Å². The Bertz CT molecular complexity index is 227. The van der Waals surface area contributed by atoms with Gasteiger partial charge in [-0.25, -0.2) is 0 Å². The summed E-state index contributed by atoms with van der Waals surface area (Å²) >= 11 is 0. The summed E-state index contributed by atoms with van der Waals surface area (Å²) < 4.78 is 4.82. The van der Waals surface area contributed by atoms with Crippen LogP contribution in [0.5, 0.6) is 0 Å². The van der Waals surface area contributed by atoms with Crippen molar-refractivity contribution in [2.75, 3.05) is 27.2 Å². The van der Waals surface area contributed by atoms with Gasteiger partial charge in [0, 0.05) is 19.1 Å². The van der Waals surface area contributed by atoms with E-state index in [1.165, 1.54) is 20.0 Å². The van der Waals surface area contributed by atoms with Crippen LogP contribution in [0.1, 0.15) is 26.7 Å². The maximum atomic E-state index is 11.6. The molecule has 1 N–H and O–H groups in total. The Morgan fingerprint density at radius 3 is 2.50 bits per heavy atom. The van der Waals surface area contributed by atoms with E-state index in [-0.39, 0.29) is 12.0 Å². The van der Waals surface area contributed by atoms with E-state index in [1.807, 2.05) is 7.05 Å². The number of hydrogen-bond acceptors (Lipinski definition) is 4. The average molecular weight is 228 g/mol. The molecule has 1 rings (SSSR count). The molecule has 0 aromatic carbocycles. The number of esters is 1. The van der Waals surface area contributed by atoms with Gasteiger partial charge in [0.1, 0.15) is 6.04 Å². The van der Waals surface area contributed by atoms with Crippen LogP contribution in [0.15, 0.2) is 0 Å². The van der Waals surface area contributed by atoms with Gasteiger partial charge in [0.05, 0.1) is 7.11 Å². The lowest BCUT2D eigenvalue weighted by Crippen LogP contribution is -2.47. The lowest BCUT2D eigenvalue weighted by Gasteiger charge is -2.24. The van der Waals surface area contributed by atoms with Crippen LogP contribution in [0.2, 0.25) is 0 Å². The first kappa shape index (κ1) is 13.5. The number of hydrogen-bond donors (Lipinski definition) is 1. The average Bonchev–Trinajstić information content (AvgIpc) is 2.98. The lowest BCUT2D eigenvalue weighted by atomic mass is 10.2. The third-order valence-electron chi connectivity index (χ3n) is 2.67. The summed E-state index contributed by atoms with van der Waals surface area (Å²) in [5.74, 6) is 0.465. The maximum Gasteiger partial charge on any atom is 0.324 e. The highest BCUT2D eigenvalue weighted by molar-refractivity contribution is 5.76. The third-order valence-corrected chi connectivity index (χ3v) is 2.67. The van der Waals surface area contributed by atoms with Gasteiger partial charge in [0.2, 0.25) is 0 Å². The smallest absolute Gasteiger partial charge is 0.324 e. The van der Waals surface area contributed by atoms with E-state index in [0.29, 0.717) is 12.0 Å². The topological polar surface area (TPSA) is 41.6 Å². The molecule has 94 valence electrons. The zero-order valence-electron chi connectivity index (χ0n) is 10.8. The molecule has 4 heteroatoms. The van der Waals surface area contributed by atoms with E-state index in [9.17, 15) is 4.79 Å². The number of likely N-dealkylation sites (N-methyl/N-ethyl adjacent to an activating group) is 1. The summed E-state index contributed by atoms with van der Waals surface area (Å²) in [5.41, 5.74) is 0. The van der Waals surface area contributed by atoms with Gasteiger partial charge in [-0.15, -0.1) is 0 Å². The van der Waals surface area contributed by atoms with Crippen LogP contribution >= 0.6 is 0 Å². The van der Waals surface area contributed by atoms with Crippen LogP contribution in [0.3, 0.4) is 0 Å². The standard InChI is InChI=1S/C12H24N2O2/c1-9(2)7-14(3)8-11(12(15)16-4)13-10-5-6-10/h9-11,13H,5-8H2,1-4H3. The van der Waals surface area contributed by atoms with Crippen LogP contribution in [0.25, 0.3) is 0 Å². The van der Waals surface area contributed by atoms with Crippen LogP contribution in [-0.2, 0) is 9.53 Å². The van der Waals surface area contributed by atoms with Crippen LogP contribution < -0.4 is 5.32 Å². The minimum Gasteiger partial charge on any atom is -0.468 e. The zero-order chi connectivity index (χ0) is 12.1. The summed E-state index contributed by atoms with van der Waals surface area (Å²) in [4.78, 5) is 13.8. The number of ether oxygens (including phenoxy) is 1. The fourth-order valence-corrected chi connectivity index (χ4v) is 1.88. The Labute approximate surface area is 98.3 Å². The van der Waals surface area contributed by atoms with E-state index in [0.717, 1.165) is 13.1 Å². The van der Waals surface area contributed by atoms with Crippen molar-refractivity contribution in [1.29, 1.82) is 0 Å². The highest BCUT2D eigenvalue weighted by Crippen LogP contribution is 2.19. The Kier molecular flexibility index (Phi) is 5.22. The quantitative estimate of drug-likeness (QED) is 0.656. The van der Waals surface area contributed by atoms with Crippen LogP contribution in [0, 0.1) is 5.92 Å². The van der Waals surface area contributed by atoms with Gasteiger partial charge in [0.15, 0.2) is 0 Å². The molecule has 0 spiro atoms. The predicted octanol–water partition coefficient (Wildman–Crippen LogP) is 0.868. The van der Waals surface area contributed by atoms with Crippen molar-refractivity contribution in [2.45, 2.75) is 38.8 Å². The number of rotatable bonds is 7. The van der Waals surface area contributed by atoms with Crippen molar-refractivity contribution >= 4 is 5.97 Å². The molecule has 0 saturated heterocycles. The molecule has 16 heavy (non-hydrogen) atoms. The molecule has 1 aliphatic carbocycles. The minimum absolute atomic E-state index is 0.150. The Morgan fingerprint density at radius 1 is 1.44 bits per heavy atom. The fourth-order valence-electron chi connectivity index (χ4n) is 1.88. The van der Waals surface area contributed by atoms with E-state index >= 15 is 0 Å². The van der Waals surface area contributed by atoms with Gasteiger partial charge >= 0.3 is 5.97 Å². The van der Waals surface area contributed by atoms with Gasteiger partial charge < -0.3 is 15.0 Å². The fraction of sp³-hybridized carbons (Fsp3) is 0.917.